The molecule has 1 rings (SSSR count). The predicted molar refractivity (Wildman–Crippen MR) is 83.8 cm³/mol. The predicted octanol–water partition coefficient (Wildman–Crippen LogP) is 2.54. The normalized spacial score (nSPS) is 11.7. The summed E-state index contributed by atoms with van der Waals surface area (Å²) in [6.07, 6.45) is 3.05. The van der Waals surface area contributed by atoms with Gasteiger partial charge in [-0.2, -0.15) is 0 Å². The van der Waals surface area contributed by atoms with Gasteiger partial charge in [-0.25, -0.2) is 13.6 Å². The van der Waals surface area contributed by atoms with Crippen LogP contribution in [-0.2, 0) is 10.0 Å². The second-order valence-electron chi connectivity index (χ2n) is 5.34. The van der Waals surface area contributed by atoms with Crippen LogP contribution in [0.25, 0.3) is 0 Å². The van der Waals surface area contributed by atoms with E-state index in [1.54, 1.807) is 0 Å². The molecule has 1 aromatic rings. The molecule has 1 amide bonds. The van der Waals surface area contributed by atoms with Crippen LogP contribution in [0.2, 0.25) is 5.02 Å². The highest BCUT2D eigenvalue weighted by Crippen LogP contribution is 2.21. The molecule has 1 aromatic carbocycles. The number of benzene rings is 1. The van der Waals surface area contributed by atoms with Crippen LogP contribution < -0.4 is 10.5 Å². The molecule has 0 spiro atoms. The van der Waals surface area contributed by atoms with Crippen LogP contribution in [0.4, 0.5) is 0 Å². The van der Waals surface area contributed by atoms with Crippen molar-refractivity contribution in [1.82, 2.24) is 5.32 Å². The van der Waals surface area contributed by atoms with Gasteiger partial charge in [-0.15, -0.1) is 0 Å². The minimum Gasteiger partial charge on any atom is -0.352 e. The quantitative estimate of drug-likeness (QED) is 0.752. The monoisotopic (exact) mass is 332 g/mol. The number of hydrogen-bond acceptors (Lipinski definition) is 3. The lowest BCUT2D eigenvalue weighted by molar-refractivity contribution is 0.0952. The van der Waals surface area contributed by atoms with Gasteiger partial charge in [-0.05, 0) is 30.5 Å². The fourth-order valence-corrected chi connectivity index (χ4v) is 2.92. The zero-order valence-electron chi connectivity index (χ0n) is 12.2. The third-order valence-electron chi connectivity index (χ3n) is 2.99. The van der Waals surface area contributed by atoms with Crippen molar-refractivity contribution >= 4 is 27.5 Å². The number of carbonyl (C=O) groups excluding carboxylic acids is 1. The van der Waals surface area contributed by atoms with Gasteiger partial charge in [0.25, 0.3) is 5.91 Å². The number of amides is 1. The molecular formula is C14H21ClN2O3S. The van der Waals surface area contributed by atoms with Crippen molar-refractivity contribution in [2.45, 2.75) is 38.0 Å². The summed E-state index contributed by atoms with van der Waals surface area (Å²) in [6.45, 7) is 4.86. The molecular weight excluding hydrogens is 312 g/mol. The molecule has 0 unspecified atom stereocenters. The summed E-state index contributed by atoms with van der Waals surface area (Å²) >= 11 is 5.77. The Balaban J connectivity index is 2.63. The van der Waals surface area contributed by atoms with Crippen molar-refractivity contribution in [2.75, 3.05) is 6.54 Å². The van der Waals surface area contributed by atoms with Gasteiger partial charge in [-0.1, -0.05) is 38.3 Å². The summed E-state index contributed by atoms with van der Waals surface area (Å²) in [5.41, 5.74) is 0.229. The minimum atomic E-state index is -3.94. The maximum absolute atomic E-state index is 11.9. The molecule has 0 aliphatic heterocycles. The third kappa shape index (κ3) is 6.03. The molecule has 0 saturated heterocycles. The summed E-state index contributed by atoms with van der Waals surface area (Å²) in [4.78, 5) is 11.7. The van der Waals surface area contributed by atoms with Crippen LogP contribution in [0, 0.1) is 5.92 Å². The summed E-state index contributed by atoms with van der Waals surface area (Å²) in [6, 6.07) is 4.02. The highest BCUT2D eigenvalue weighted by Gasteiger charge is 2.16. The Bertz CT molecular complexity index is 600. The van der Waals surface area contributed by atoms with Gasteiger partial charge < -0.3 is 5.32 Å². The van der Waals surface area contributed by atoms with E-state index in [0.29, 0.717) is 12.5 Å². The van der Waals surface area contributed by atoms with E-state index in [4.69, 9.17) is 16.7 Å². The Kier molecular flexibility index (Phi) is 6.64. The number of hydrogen-bond donors (Lipinski definition) is 2. The van der Waals surface area contributed by atoms with Gasteiger partial charge in [0.05, 0.1) is 5.02 Å². The first-order chi connectivity index (χ1) is 9.71. The maximum Gasteiger partial charge on any atom is 0.251 e. The van der Waals surface area contributed by atoms with E-state index in [9.17, 15) is 13.2 Å². The standard InChI is InChI=1S/C14H21ClN2O3S/c1-10(2)5-3-4-8-17-14(18)11-6-7-12(15)13(9-11)21(16,19)20/h6-7,9-10H,3-5,8H2,1-2H3,(H,17,18)(H2,16,19,20). The Morgan fingerprint density at radius 2 is 2.00 bits per heavy atom. The number of nitrogens with two attached hydrogens (primary N) is 1. The first kappa shape index (κ1) is 17.9. The molecule has 0 aliphatic rings. The van der Waals surface area contributed by atoms with E-state index in [1.165, 1.54) is 18.2 Å². The van der Waals surface area contributed by atoms with E-state index < -0.39 is 10.0 Å². The smallest absolute Gasteiger partial charge is 0.251 e. The molecule has 5 nitrogen and oxygen atoms in total. The van der Waals surface area contributed by atoms with Gasteiger partial charge in [0.15, 0.2) is 0 Å². The number of nitrogens with one attached hydrogen (secondary N) is 1. The third-order valence-corrected chi connectivity index (χ3v) is 4.39. The summed E-state index contributed by atoms with van der Waals surface area (Å²) < 4.78 is 22.7. The van der Waals surface area contributed by atoms with Crippen LogP contribution in [0.3, 0.4) is 0 Å². The number of carbonyl (C=O) groups is 1. The molecule has 0 aromatic heterocycles. The maximum atomic E-state index is 11.9. The Morgan fingerprint density at radius 1 is 1.33 bits per heavy atom. The molecule has 118 valence electrons. The molecule has 0 atom stereocenters. The van der Waals surface area contributed by atoms with E-state index in [1.807, 2.05) is 0 Å². The average molecular weight is 333 g/mol. The van der Waals surface area contributed by atoms with Gasteiger partial charge in [0, 0.05) is 12.1 Å². The van der Waals surface area contributed by atoms with Crippen LogP contribution in [0.5, 0.6) is 0 Å². The van der Waals surface area contributed by atoms with E-state index in [2.05, 4.69) is 19.2 Å². The van der Waals surface area contributed by atoms with Crippen molar-refractivity contribution in [3.8, 4) is 0 Å². The lowest BCUT2D eigenvalue weighted by Crippen LogP contribution is -2.25. The largest absolute Gasteiger partial charge is 0.352 e. The Morgan fingerprint density at radius 3 is 2.57 bits per heavy atom. The van der Waals surface area contributed by atoms with Crippen LogP contribution in [0.1, 0.15) is 43.5 Å². The topological polar surface area (TPSA) is 89.3 Å². The summed E-state index contributed by atoms with van der Waals surface area (Å²) in [5.74, 6) is 0.315. The number of unbranched alkanes of at least 4 members (excludes halogenated alkanes) is 1. The molecule has 0 radical (unpaired) electrons. The zero-order chi connectivity index (χ0) is 16.0. The SMILES string of the molecule is CC(C)CCCCNC(=O)c1ccc(Cl)c(S(N)(=O)=O)c1. The lowest BCUT2D eigenvalue weighted by atomic mass is 10.1. The molecule has 0 bridgehead atoms. The molecule has 0 aliphatic carbocycles. The zero-order valence-corrected chi connectivity index (χ0v) is 13.8. The Labute approximate surface area is 130 Å². The highest BCUT2D eigenvalue weighted by molar-refractivity contribution is 7.89. The van der Waals surface area contributed by atoms with Gasteiger partial charge in [-0.3, -0.25) is 4.79 Å². The van der Waals surface area contributed by atoms with Crippen molar-refractivity contribution in [2.24, 2.45) is 11.1 Å². The van der Waals surface area contributed by atoms with E-state index in [-0.39, 0.29) is 21.4 Å². The Hall–Kier alpha value is -1.11. The summed E-state index contributed by atoms with van der Waals surface area (Å²) in [5, 5.41) is 7.81. The minimum absolute atomic E-state index is 0.00554. The highest BCUT2D eigenvalue weighted by atomic mass is 35.5. The number of rotatable bonds is 7. The molecule has 0 saturated carbocycles. The van der Waals surface area contributed by atoms with E-state index in [0.717, 1.165) is 19.3 Å². The molecule has 7 heteroatoms. The fourth-order valence-electron chi connectivity index (χ4n) is 1.84. The number of halogens is 1. The number of primary sulfonamides is 1. The molecule has 0 heterocycles. The second-order valence-corrected chi connectivity index (χ2v) is 7.27. The lowest BCUT2D eigenvalue weighted by Gasteiger charge is -2.08. The second kappa shape index (κ2) is 7.77. The van der Waals surface area contributed by atoms with Gasteiger partial charge in [0.2, 0.25) is 10.0 Å². The molecule has 21 heavy (non-hydrogen) atoms. The number of sulfonamides is 1. The van der Waals surface area contributed by atoms with Crippen LogP contribution in [0.15, 0.2) is 23.1 Å². The van der Waals surface area contributed by atoms with Crippen molar-refractivity contribution in [3.05, 3.63) is 28.8 Å². The van der Waals surface area contributed by atoms with Gasteiger partial charge in [0.1, 0.15) is 4.90 Å². The molecule has 3 N–H and O–H groups in total. The average Bonchev–Trinajstić information content (AvgIpc) is 2.36. The summed E-state index contributed by atoms with van der Waals surface area (Å²) in [7, 11) is -3.94. The fraction of sp³-hybridized carbons (Fsp3) is 0.500. The van der Waals surface area contributed by atoms with Crippen LogP contribution in [-0.4, -0.2) is 20.9 Å². The van der Waals surface area contributed by atoms with E-state index >= 15 is 0 Å². The van der Waals surface area contributed by atoms with Crippen molar-refractivity contribution < 1.29 is 13.2 Å². The first-order valence-electron chi connectivity index (χ1n) is 6.82. The van der Waals surface area contributed by atoms with Crippen molar-refractivity contribution in [1.29, 1.82) is 0 Å². The first-order valence-corrected chi connectivity index (χ1v) is 8.75. The molecule has 0 fully saturated rings. The van der Waals surface area contributed by atoms with Crippen LogP contribution >= 0.6 is 11.6 Å². The van der Waals surface area contributed by atoms with Crippen molar-refractivity contribution in [3.63, 3.8) is 0 Å². The van der Waals surface area contributed by atoms with Gasteiger partial charge >= 0.3 is 0 Å².